The summed E-state index contributed by atoms with van der Waals surface area (Å²) in [7, 11) is 0. The summed E-state index contributed by atoms with van der Waals surface area (Å²) >= 11 is 0. The van der Waals surface area contributed by atoms with E-state index < -0.39 is 6.09 Å². The van der Waals surface area contributed by atoms with Gasteiger partial charge in [-0.15, -0.1) is 0 Å². The molecule has 1 aliphatic rings. The molecule has 1 aromatic carbocycles. The summed E-state index contributed by atoms with van der Waals surface area (Å²) in [5.41, 5.74) is 3.09. The third-order valence-electron chi connectivity index (χ3n) is 3.55. The van der Waals surface area contributed by atoms with Crippen LogP contribution < -0.4 is 5.32 Å². The van der Waals surface area contributed by atoms with Gasteiger partial charge in [0.2, 0.25) is 11.7 Å². The molecule has 0 spiro atoms. The fraction of sp³-hybridized carbons (Fsp3) is 0.357. The maximum Gasteiger partial charge on any atom is 0.405 e. The van der Waals surface area contributed by atoms with Gasteiger partial charge in [-0.2, -0.15) is 4.98 Å². The first-order valence-electron chi connectivity index (χ1n) is 6.62. The molecule has 1 atom stereocenters. The van der Waals surface area contributed by atoms with Gasteiger partial charge in [0.15, 0.2) is 0 Å². The fourth-order valence-corrected chi connectivity index (χ4v) is 2.57. The maximum atomic E-state index is 10.7. The van der Waals surface area contributed by atoms with Gasteiger partial charge in [-0.05, 0) is 30.0 Å². The SMILES string of the molecule is CCc1nc(-c2ccc3c(c2)CC[C@H]3NC(=O)O)no1. The Balaban J connectivity index is 1.89. The van der Waals surface area contributed by atoms with Gasteiger partial charge in [0.25, 0.3) is 0 Å². The Bertz CT molecular complexity index is 651. The monoisotopic (exact) mass is 273 g/mol. The third-order valence-corrected chi connectivity index (χ3v) is 3.55. The van der Waals surface area contributed by atoms with Crippen molar-refractivity contribution in [3.63, 3.8) is 0 Å². The lowest BCUT2D eigenvalue weighted by Gasteiger charge is -2.11. The molecule has 0 fully saturated rings. The minimum atomic E-state index is -0.988. The van der Waals surface area contributed by atoms with Crippen molar-refractivity contribution >= 4 is 6.09 Å². The molecule has 1 heterocycles. The molecular formula is C14H15N3O3. The number of nitrogens with zero attached hydrogens (tertiary/aromatic N) is 2. The maximum absolute atomic E-state index is 10.7. The molecule has 0 radical (unpaired) electrons. The number of aromatic nitrogens is 2. The van der Waals surface area contributed by atoms with Crippen molar-refractivity contribution in [3.05, 3.63) is 35.2 Å². The quantitative estimate of drug-likeness (QED) is 0.897. The van der Waals surface area contributed by atoms with Crippen LogP contribution in [0.2, 0.25) is 0 Å². The second kappa shape index (κ2) is 4.96. The number of carboxylic acid groups (broad SMARTS) is 1. The van der Waals surface area contributed by atoms with Gasteiger partial charge < -0.3 is 14.9 Å². The molecular weight excluding hydrogens is 258 g/mol. The first-order valence-corrected chi connectivity index (χ1v) is 6.62. The minimum Gasteiger partial charge on any atom is -0.465 e. The fourth-order valence-electron chi connectivity index (χ4n) is 2.57. The van der Waals surface area contributed by atoms with E-state index in [1.165, 1.54) is 0 Å². The number of amides is 1. The number of fused-ring (bicyclic) bond motifs is 1. The Labute approximate surface area is 115 Å². The van der Waals surface area contributed by atoms with Crippen LogP contribution in [0.1, 0.15) is 36.4 Å². The highest BCUT2D eigenvalue weighted by Gasteiger charge is 2.24. The first kappa shape index (κ1) is 12.7. The van der Waals surface area contributed by atoms with Crippen LogP contribution in [0.3, 0.4) is 0 Å². The van der Waals surface area contributed by atoms with Crippen molar-refractivity contribution < 1.29 is 14.4 Å². The predicted molar refractivity (Wildman–Crippen MR) is 71.3 cm³/mol. The van der Waals surface area contributed by atoms with E-state index in [-0.39, 0.29) is 6.04 Å². The van der Waals surface area contributed by atoms with Crippen molar-refractivity contribution in [3.8, 4) is 11.4 Å². The summed E-state index contributed by atoms with van der Waals surface area (Å²) in [6.07, 6.45) is 1.37. The van der Waals surface area contributed by atoms with E-state index in [0.717, 1.165) is 29.5 Å². The van der Waals surface area contributed by atoms with E-state index in [4.69, 9.17) is 9.63 Å². The van der Waals surface area contributed by atoms with Gasteiger partial charge in [-0.3, -0.25) is 0 Å². The highest BCUT2D eigenvalue weighted by Crippen LogP contribution is 2.33. The molecule has 1 amide bonds. The summed E-state index contributed by atoms with van der Waals surface area (Å²) < 4.78 is 5.11. The van der Waals surface area contributed by atoms with Gasteiger partial charge in [0.1, 0.15) is 0 Å². The van der Waals surface area contributed by atoms with Gasteiger partial charge in [0, 0.05) is 12.0 Å². The lowest BCUT2D eigenvalue weighted by molar-refractivity contribution is 0.190. The van der Waals surface area contributed by atoms with Gasteiger partial charge >= 0.3 is 6.09 Å². The van der Waals surface area contributed by atoms with E-state index in [1.807, 2.05) is 25.1 Å². The minimum absolute atomic E-state index is 0.118. The number of carbonyl (C=O) groups is 1. The molecule has 0 bridgehead atoms. The molecule has 2 N–H and O–H groups in total. The van der Waals surface area contributed by atoms with Crippen LogP contribution in [0.25, 0.3) is 11.4 Å². The third kappa shape index (κ3) is 2.24. The van der Waals surface area contributed by atoms with Crippen molar-refractivity contribution in [2.24, 2.45) is 0 Å². The molecule has 3 rings (SSSR count). The topological polar surface area (TPSA) is 88.2 Å². The lowest BCUT2D eigenvalue weighted by atomic mass is 10.0. The van der Waals surface area contributed by atoms with Crippen LogP contribution in [0, 0.1) is 0 Å². The van der Waals surface area contributed by atoms with Crippen molar-refractivity contribution in [1.82, 2.24) is 15.5 Å². The van der Waals surface area contributed by atoms with Gasteiger partial charge in [-0.25, -0.2) is 4.79 Å². The number of rotatable bonds is 3. The average Bonchev–Trinajstić information content (AvgIpc) is 3.05. The van der Waals surface area contributed by atoms with E-state index in [1.54, 1.807) is 0 Å². The second-order valence-electron chi connectivity index (χ2n) is 4.82. The Hall–Kier alpha value is -2.37. The molecule has 2 aromatic rings. The zero-order valence-electron chi connectivity index (χ0n) is 11.1. The van der Waals surface area contributed by atoms with Crippen molar-refractivity contribution in [1.29, 1.82) is 0 Å². The predicted octanol–water partition coefficient (Wildman–Crippen LogP) is 2.55. The van der Waals surface area contributed by atoms with Crippen LogP contribution in [-0.2, 0) is 12.8 Å². The van der Waals surface area contributed by atoms with Crippen LogP contribution in [0.5, 0.6) is 0 Å². The number of aryl methyl sites for hydroxylation is 2. The van der Waals surface area contributed by atoms with Gasteiger partial charge in [0.05, 0.1) is 6.04 Å². The summed E-state index contributed by atoms with van der Waals surface area (Å²) in [5, 5.41) is 15.3. The Morgan fingerprint density at radius 2 is 2.40 bits per heavy atom. The number of nitrogens with one attached hydrogen (secondary N) is 1. The standard InChI is InChI=1S/C14H15N3O3/c1-2-12-16-13(17-20-12)9-3-5-10-8(7-9)4-6-11(10)15-14(18)19/h3,5,7,11,15H,2,4,6H2,1H3,(H,18,19)/t11-/m1/s1. The van der Waals surface area contributed by atoms with Crippen LogP contribution in [0.4, 0.5) is 4.79 Å². The van der Waals surface area contributed by atoms with Crippen LogP contribution >= 0.6 is 0 Å². The van der Waals surface area contributed by atoms with E-state index >= 15 is 0 Å². The largest absolute Gasteiger partial charge is 0.465 e. The number of benzene rings is 1. The molecule has 0 unspecified atom stereocenters. The van der Waals surface area contributed by atoms with Crippen molar-refractivity contribution in [2.45, 2.75) is 32.2 Å². The normalized spacial score (nSPS) is 16.9. The summed E-state index contributed by atoms with van der Waals surface area (Å²) in [4.78, 5) is 15.1. The molecule has 104 valence electrons. The molecule has 0 saturated heterocycles. The zero-order chi connectivity index (χ0) is 14.1. The number of hydrogen-bond donors (Lipinski definition) is 2. The Morgan fingerprint density at radius 1 is 1.55 bits per heavy atom. The molecule has 6 nitrogen and oxygen atoms in total. The van der Waals surface area contributed by atoms with Crippen molar-refractivity contribution in [2.75, 3.05) is 0 Å². The smallest absolute Gasteiger partial charge is 0.405 e. The summed E-state index contributed by atoms with van der Waals surface area (Å²) in [5.74, 6) is 1.20. The zero-order valence-corrected chi connectivity index (χ0v) is 11.1. The first-order chi connectivity index (χ1) is 9.67. The Morgan fingerprint density at radius 3 is 3.10 bits per heavy atom. The molecule has 20 heavy (non-hydrogen) atoms. The summed E-state index contributed by atoms with van der Waals surface area (Å²) in [6.45, 7) is 1.96. The van der Waals surface area contributed by atoms with E-state index in [9.17, 15) is 4.79 Å². The summed E-state index contributed by atoms with van der Waals surface area (Å²) in [6, 6.07) is 5.75. The van der Waals surface area contributed by atoms with Gasteiger partial charge in [-0.1, -0.05) is 24.2 Å². The molecule has 0 saturated carbocycles. The van der Waals surface area contributed by atoms with E-state index in [2.05, 4.69) is 15.5 Å². The average molecular weight is 273 g/mol. The molecule has 6 heteroatoms. The molecule has 0 aliphatic heterocycles. The molecule has 1 aromatic heterocycles. The number of hydrogen-bond acceptors (Lipinski definition) is 4. The highest BCUT2D eigenvalue weighted by molar-refractivity contribution is 5.66. The van der Waals surface area contributed by atoms with E-state index in [0.29, 0.717) is 18.1 Å². The lowest BCUT2D eigenvalue weighted by Crippen LogP contribution is -2.24. The van der Waals surface area contributed by atoms with Crippen LogP contribution in [-0.4, -0.2) is 21.3 Å². The Kier molecular flexibility index (Phi) is 3.14. The molecule has 1 aliphatic carbocycles. The van der Waals surface area contributed by atoms with Crippen LogP contribution in [0.15, 0.2) is 22.7 Å². The highest BCUT2D eigenvalue weighted by atomic mass is 16.5. The second-order valence-corrected chi connectivity index (χ2v) is 4.82.